The summed E-state index contributed by atoms with van der Waals surface area (Å²) in [5.41, 5.74) is 2.42. The monoisotopic (exact) mass is 771 g/mol. The summed E-state index contributed by atoms with van der Waals surface area (Å²) in [5, 5.41) is 1.75. The number of fused-ring (bicyclic) bond motifs is 3. The average Bonchev–Trinajstić information content (AvgIpc) is 4.08. The Morgan fingerprint density at radius 2 is 1.83 bits per heavy atom. The highest BCUT2D eigenvalue weighted by molar-refractivity contribution is 7.90. The highest BCUT2D eigenvalue weighted by atomic mass is 35.5. The molecule has 286 valence electrons. The number of ketones is 1. The number of ether oxygens (including phenoxy) is 1. The molecule has 1 aromatic heterocycles. The van der Waals surface area contributed by atoms with E-state index < -0.39 is 38.7 Å². The number of benzene rings is 2. The van der Waals surface area contributed by atoms with Crippen LogP contribution in [0.3, 0.4) is 0 Å². The zero-order valence-electron chi connectivity index (χ0n) is 31.4. The van der Waals surface area contributed by atoms with Crippen LogP contribution in [0.25, 0.3) is 22.0 Å². The normalized spacial score (nSPS) is 29.4. The predicted octanol–water partition coefficient (Wildman–Crippen LogP) is 8.21. The summed E-state index contributed by atoms with van der Waals surface area (Å²) in [5.74, 6) is -0.372. The third-order valence-electron chi connectivity index (χ3n) is 12.6. The molecule has 11 heteroatoms. The van der Waals surface area contributed by atoms with E-state index in [1.165, 1.54) is 0 Å². The largest absolute Gasteiger partial charge is 0.488 e. The number of Topliss-reactive ketones (excluding diaryl/α,β-unsaturated/α-hetero) is 1. The number of hydrogen-bond acceptors (Lipinski definition) is 7. The van der Waals surface area contributed by atoms with Crippen LogP contribution in [0, 0.1) is 24.2 Å². The lowest BCUT2D eigenvalue weighted by atomic mass is 9.87. The fourth-order valence-corrected chi connectivity index (χ4v) is 10.7. The Morgan fingerprint density at radius 1 is 1.02 bits per heavy atom. The highest BCUT2D eigenvalue weighted by Gasteiger charge is 2.62. The number of rotatable bonds is 7. The molecule has 9 nitrogen and oxygen atoms in total. The molecule has 6 atom stereocenters. The molecule has 8 rings (SSSR count). The van der Waals surface area contributed by atoms with E-state index >= 15 is 0 Å². The molecule has 0 unspecified atom stereocenters. The molecule has 1 N–H and O–H groups in total. The lowest BCUT2D eigenvalue weighted by Crippen LogP contribution is -2.53. The third kappa shape index (κ3) is 6.97. The van der Waals surface area contributed by atoms with Crippen molar-refractivity contribution in [3.63, 3.8) is 0 Å². The lowest BCUT2D eigenvalue weighted by Gasteiger charge is -2.39. The van der Waals surface area contributed by atoms with Crippen LogP contribution >= 0.6 is 11.6 Å². The predicted molar refractivity (Wildman–Crippen MR) is 210 cm³/mol. The fourth-order valence-electron chi connectivity index (χ4n) is 9.09. The standard InChI is InChI=1S/C43H50ClN3O6S/c1-25(2)33-12-9-13-34(45-33)28-20-32-31(18-14-26(3)40(32)44)38(21-28)53-39-22-36-37(48)24-43(42(50)46-54(51,52)30-16-17-30)23-29(43)11-8-6-4-5-7-10-27-15-19-35(39)47(36)41(27)49/h8-9,11-14,18,20-21,25,27,29-30,35-36,39H,4-7,10,15-17,19,22-24H2,1-3H3,(H,46,50)/b11-8-/t27-,29+,35+,36-,39+,43+/m0/s1. The van der Waals surface area contributed by atoms with E-state index in [0.29, 0.717) is 36.5 Å². The number of nitrogens with zero attached hydrogens (tertiary/aromatic N) is 2. The molecule has 2 aliphatic carbocycles. The van der Waals surface area contributed by atoms with Crippen molar-refractivity contribution in [2.24, 2.45) is 17.3 Å². The molecule has 2 bridgehead atoms. The van der Waals surface area contributed by atoms with Gasteiger partial charge in [0, 0.05) is 40.8 Å². The van der Waals surface area contributed by atoms with Crippen molar-refractivity contribution in [1.82, 2.24) is 14.6 Å². The summed E-state index contributed by atoms with van der Waals surface area (Å²) in [6, 6.07) is 12.9. The Balaban J connectivity index is 1.15. The van der Waals surface area contributed by atoms with Gasteiger partial charge in [0.1, 0.15) is 11.9 Å². The number of hydrogen-bond donors (Lipinski definition) is 1. The van der Waals surface area contributed by atoms with Gasteiger partial charge in [-0.1, -0.05) is 68.6 Å². The minimum atomic E-state index is -3.79. The number of piperidine rings is 1. The lowest BCUT2D eigenvalue weighted by molar-refractivity contribution is -0.147. The SMILES string of the molecule is Cc1ccc2c(O[C@@H]3C[C@H]4C(=O)C[C@]5(C(=O)NS(=O)(=O)C6CC6)C[C@H]5/C=C\CCCCC[C@H]5CC[C@H]3N4C5=O)cc(-c3cccc(C(C)C)n3)cc2c1Cl. The number of allylic oxidation sites excluding steroid dienone is 2. The topological polar surface area (TPSA) is 123 Å². The van der Waals surface area contributed by atoms with Gasteiger partial charge in [-0.2, -0.15) is 0 Å². The van der Waals surface area contributed by atoms with Crippen molar-refractivity contribution in [3.05, 3.63) is 70.9 Å². The first-order valence-electron chi connectivity index (χ1n) is 19.8. The number of sulfonamides is 1. The minimum absolute atomic E-state index is 0.0159. The molecule has 3 aromatic rings. The summed E-state index contributed by atoms with van der Waals surface area (Å²) in [6.07, 6.45) is 11.2. The van der Waals surface area contributed by atoms with Crippen LogP contribution in [0.1, 0.15) is 108 Å². The van der Waals surface area contributed by atoms with Gasteiger partial charge < -0.3 is 9.64 Å². The quantitative estimate of drug-likeness (QED) is 0.240. The molecule has 2 saturated heterocycles. The zero-order chi connectivity index (χ0) is 37.9. The van der Waals surface area contributed by atoms with Gasteiger partial charge in [0.2, 0.25) is 21.8 Å². The van der Waals surface area contributed by atoms with Crippen LogP contribution < -0.4 is 9.46 Å². The van der Waals surface area contributed by atoms with E-state index in [-0.39, 0.29) is 48.3 Å². The van der Waals surface area contributed by atoms with Crippen LogP contribution in [0.2, 0.25) is 5.02 Å². The van der Waals surface area contributed by atoms with Gasteiger partial charge in [-0.05, 0) is 100.0 Å². The maximum atomic E-state index is 14.6. The van der Waals surface area contributed by atoms with Gasteiger partial charge >= 0.3 is 0 Å². The number of halogens is 1. The summed E-state index contributed by atoms with van der Waals surface area (Å²) in [7, 11) is -3.79. The Bertz CT molecular complexity index is 2150. The smallest absolute Gasteiger partial charge is 0.240 e. The number of pyridine rings is 1. The molecule has 4 fully saturated rings. The second-order valence-corrected chi connectivity index (χ2v) is 19.1. The molecule has 4 heterocycles. The number of carbonyl (C=O) groups is 3. The van der Waals surface area contributed by atoms with Crippen LogP contribution in [-0.4, -0.2) is 59.3 Å². The van der Waals surface area contributed by atoms with E-state index in [0.717, 1.165) is 71.8 Å². The summed E-state index contributed by atoms with van der Waals surface area (Å²) in [6.45, 7) is 6.19. The fraction of sp³-hybridized carbons (Fsp3) is 0.535. The van der Waals surface area contributed by atoms with Crippen molar-refractivity contribution >= 4 is 50.0 Å². The number of aromatic nitrogens is 1. The molecule has 0 radical (unpaired) electrons. The average molecular weight is 772 g/mol. The molecule has 5 aliphatic rings. The van der Waals surface area contributed by atoms with Gasteiger partial charge in [-0.3, -0.25) is 24.1 Å². The number of amides is 2. The van der Waals surface area contributed by atoms with Crippen molar-refractivity contribution in [2.75, 3.05) is 0 Å². The molecule has 54 heavy (non-hydrogen) atoms. The minimum Gasteiger partial charge on any atom is -0.488 e. The molecule has 0 spiro atoms. The van der Waals surface area contributed by atoms with Crippen LogP contribution in [0.5, 0.6) is 5.75 Å². The first-order chi connectivity index (χ1) is 25.9. The maximum Gasteiger partial charge on any atom is 0.240 e. The maximum absolute atomic E-state index is 14.6. The van der Waals surface area contributed by atoms with Gasteiger partial charge in [-0.15, -0.1) is 0 Å². The van der Waals surface area contributed by atoms with Crippen molar-refractivity contribution < 1.29 is 27.5 Å². The van der Waals surface area contributed by atoms with Crippen molar-refractivity contribution in [1.29, 1.82) is 0 Å². The summed E-state index contributed by atoms with van der Waals surface area (Å²) >= 11 is 6.95. The van der Waals surface area contributed by atoms with Gasteiger partial charge in [0.25, 0.3) is 0 Å². The summed E-state index contributed by atoms with van der Waals surface area (Å²) in [4.78, 5) is 49.6. The highest BCUT2D eigenvalue weighted by Crippen LogP contribution is 2.57. The molecular weight excluding hydrogens is 722 g/mol. The van der Waals surface area contributed by atoms with Gasteiger partial charge in [0.15, 0.2) is 5.78 Å². The van der Waals surface area contributed by atoms with Crippen LogP contribution in [0.4, 0.5) is 0 Å². The van der Waals surface area contributed by atoms with Crippen LogP contribution in [0.15, 0.2) is 54.6 Å². The van der Waals surface area contributed by atoms with E-state index in [1.807, 2.05) is 49.4 Å². The number of nitrogens with one attached hydrogen (secondary N) is 1. The second-order valence-electron chi connectivity index (χ2n) is 16.7. The Kier molecular flexibility index (Phi) is 9.91. The first kappa shape index (κ1) is 37.2. The number of aryl methyl sites for hydroxylation is 1. The van der Waals surface area contributed by atoms with Crippen LogP contribution in [-0.2, 0) is 24.4 Å². The Hall–Kier alpha value is -3.76. The second kappa shape index (κ2) is 14.4. The van der Waals surface area contributed by atoms with Crippen molar-refractivity contribution in [2.45, 2.75) is 127 Å². The first-order valence-corrected chi connectivity index (χ1v) is 21.7. The number of carbonyl (C=O) groups excluding carboxylic acids is 3. The summed E-state index contributed by atoms with van der Waals surface area (Å²) < 4.78 is 35.1. The van der Waals surface area contributed by atoms with Gasteiger partial charge in [0.05, 0.1) is 33.5 Å². The van der Waals surface area contributed by atoms with Gasteiger partial charge in [-0.25, -0.2) is 8.42 Å². The van der Waals surface area contributed by atoms with E-state index in [4.69, 9.17) is 21.3 Å². The molecular formula is C43H50ClN3O6S. The molecule has 3 aliphatic heterocycles. The zero-order valence-corrected chi connectivity index (χ0v) is 32.9. The van der Waals surface area contributed by atoms with E-state index in [2.05, 4.69) is 30.7 Å². The molecule has 2 saturated carbocycles. The molecule has 2 amide bonds. The Labute approximate surface area is 323 Å². The van der Waals surface area contributed by atoms with Crippen molar-refractivity contribution in [3.8, 4) is 17.0 Å². The van der Waals surface area contributed by atoms with E-state index in [9.17, 15) is 22.8 Å². The van der Waals surface area contributed by atoms with E-state index in [1.54, 1.807) is 4.90 Å². The third-order valence-corrected chi connectivity index (χ3v) is 14.9. The Morgan fingerprint density at radius 3 is 2.61 bits per heavy atom. The molecule has 2 aromatic carbocycles.